The first-order valence-corrected chi connectivity index (χ1v) is 9.99. The minimum absolute atomic E-state index is 0. The van der Waals surface area contributed by atoms with Gasteiger partial charge in [0.25, 0.3) is 0 Å². The summed E-state index contributed by atoms with van der Waals surface area (Å²) >= 11 is 0. The largest absolute Gasteiger partial charge is 0.357 e. The van der Waals surface area contributed by atoms with E-state index in [-0.39, 0.29) is 41.8 Å². The van der Waals surface area contributed by atoms with E-state index in [0.717, 1.165) is 43.3 Å². The number of benzene rings is 1. The minimum atomic E-state index is 0. The Kier molecular flexibility index (Phi) is 8.94. The molecular formula is C21H31IN6O. The molecule has 7 nitrogen and oxygen atoms in total. The molecule has 1 atom stereocenters. The first-order chi connectivity index (χ1) is 13.6. The van der Waals surface area contributed by atoms with Crippen LogP contribution in [0.15, 0.2) is 47.7 Å². The van der Waals surface area contributed by atoms with Gasteiger partial charge < -0.3 is 15.5 Å². The lowest BCUT2D eigenvalue weighted by molar-refractivity contribution is -0.133. The summed E-state index contributed by atoms with van der Waals surface area (Å²) in [7, 11) is 0. The number of halogens is 1. The highest BCUT2D eigenvalue weighted by atomic mass is 127. The second-order valence-corrected chi connectivity index (χ2v) is 7.38. The van der Waals surface area contributed by atoms with Gasteiger partial charge in [0.1, 0.15) is 0 Å². The zero-order chi connectivity index (χ0) is 19.9. The average Bonchev–Trinajstić information content (AvgIpc) is 3.38. The van der Waals surface area contributed by atoms with Crippen LogP contribution >= 0.6 is 24.0 Å². The van der Waals surface area contributed by atoms with Gasteiger partial charge in [0.2, 0.25) is 5.91 Å². The Balaban J connectivity index is 0.00000300. The lowest BCUT2D eigenvalue weighted by atomic mass is 10.2. The summed E-state index contributed by atoms with van der Waals surface area (Å²) in [4.78, 5) is 18.9. The number of likely N-dealkylation sites (tertiary alicyclic amines) is 1. The maximum absolute atomic E-state index is 12.2. The van der Waals surface area contributed by atoms with Crippen molar-refractivity contribution in [3.8, 4) is 5.69 Å². The Bertz CT molecular complexity index is 805. The third-order valence-corrected chi connectivity index (χ3v) is 4.78. The van der Waals surface area contributed by atoms with Crippen molar-refractivity contribution >= 4 is 35.8 Å². The summed E-state index contributed by atoms with van der Waals surface area (Å²) < 4.78 is 1.84. The van der Waals surface area contributed by atoms with Crippen molar-refractivity contribution in [1.29, 1.82) is 0 Å². The van der Waals surface area contributed by atoms with Crippen LogP contribution in [-0.4, -0.2) is 52.2 Å². The van der Waals surface area contributed by atoms with Gasteiger partial charge in [-0.05, 0) is 37.1 Å². The smallest absolute Gasteiger partial charge is 0.225 e. The van der Waals surface area contributed by atoms with E-state index in [0.29, 0.717) is 6.54 Å². The highest BCUT2D eigenvalue weighted by Gasteiger charge is 2.27. The molecule has 2 aromatic rings. The van der Waals surface area contributed by atoms with Gasteiger partial charge in [-0.1, -0.05) is 26.0 Å². The predicted molar refractivity (Wildman–Crippen MR) is 127 cm³/mol. The maximum Gasteiger partial charge on any atom is 0.225 e. The molecule has 29 heavy (non-hydrogen) atoms. The van der Waals surface area contributed by atoms with Gasteiger partial charge in [-0.2, -0.15) is 5.10 Å². The first-order valence-electron chi connectivity index (χ1n) is 9.99. The van der Waals surface area contributed by atoms with Crippen LogP contribution in [0.5, 0.6) is 0 Å². The minimum Gasteiger partial charge on any atom is -0.357 e. The van der Waals surface area contributed by atoms with Crippen molar-refractivity contribution < 1.29 is 4.79 Å². The van der Waals surface area contributed by atoms with E-state index >= 15 is 0 Å². The van der Waals surface area contributed by atoms with Crippen LogP contribution in [-0.2, 0) is 11.3 Å². The third kappa shape index (κ3) is 6.45. The maximum atomic E-state index is 12.2. The topological polar surface area (TPSA) is 74.6 Å². The van der Waals surface area contributed by atoms with E-state index in [1.54, 1.807) is 6.20 Å². The Morgan fingerprint density at radius 2 is 2.17 bits per heavy atom. The molecule has 0 spiro atoms. The summed E-state index contributed by atoms with van der Waals surface area (Å²) in [5.41, 5.74) is 2.14. The summed E-state index contributed by atoms with van der Waals surface area (Å²) in [5.74, 6) is 1.06. The van der Waals surface area contributed by atoms with Crippen molar-refractivity contribution in [2.45, 2.75) is 39.8 Å². The molecule has 1 aliphatic rings. The van der Waals surface area contributed by atoms with E-state index < -0.39 is 0 Å². The van der Waals surface area contributed by atoms with Gasteiger partial charge in [0.05, 0.1) is 12.2 Å². The Morgan fingerprint density at radius 3 is 2.86 bits per heavy atom. The number of carbonyl (C=O) groups is 1. The molecule has 3 rings (SSSR count). The highest BCUT2D eigenvalue weighted by Crippen LogP contribution is 2.13. The van der Waals surface area contributed by atoms with Crippen molar-refractivity contribution in [2.24, 2.45) is 10.9 Å². The van der Waals surface area contributed by atoms with Crippen molar-refractivity contribution in [2.75, 3.05) is 19.6 Å². The molecule has 1 amide bonds. The molecule has 2 heterocycles. The molecule has 0 aliphatic carbocycles. The van der Waals surface area contributed by atoms with Gasteiger partial charge in [-0.15, -0.1) is 24.0 Å². The molecule has 1 aliphatic heterocycles. The number of amides is 1. The summed E-state index contributed by atoms with van der Waals surface area (Å²) in [6, 6.07) is 10.4. The summed E-state index contributed by atoms with van der Waals surface area (Å²) in [6.07, 6.45) is 4.64. The van der Waals surface area contributed by atoms with E-state index in [1.807, 2.05) is 47.8 Å². The lowest BCUT2D eigenvalue weighted by Crippen LogP contribution is -2.45. The second kappa shape index (κ2) is 11.2. The van der Waals surface area contributed by atoms with E-state index in [2.05, 4.69) is 34.8 Å². The lowest BCUT2D eigenvalue weighted by Gasteiger charge is -2.20. The molecule has 1 saturated heterocycles. The first kappa shape index (κ1) is 23.2. The monoisotopic (exact) mass is 510 g/mol. The summed E-state index contributed by atoms with van der Waals surface area (Å²) in [5, 5.41) is 11.1. The second-order valence-electron chi connectivity index (χ2n) is 7.38. The van der Waals surface area contributed by atoms with Crippen LogP contribution in [0.2, 0.25) is 0 Å². The van der Waals surface area contributed by atoms with Gasteiger partial charge in [0.15, 0.2) is 5.96 Å². The van der Waals surface area contributed by atoms with Crippen molar-refractivity contribution in [1.82, 2.24) is 25.3 Å². The molecule has 1 aromatic heterocycles. The van der Waals surface area contributed by atoms with Crippen LogP contribution in [0.25, 0.3) is 5.69 Å². The molecule has 158 valence electrons. The van der Waals surface area contributed by atoms with Crippen LogP contribution < -0.4 is 10.6 Å². The van der Waals surface area contributed by atoms with Crippen LogP contribution in [0.4, 0.5) is 0 Å². The van der Waals surface area contributed by atoms with Crippen LogP contribution in [0.1, 0.15) is 32.8 Å². The summed E-state index contributed by atoms with van der Waals surface area (Å²) in [6.45, 7) is 8.86. The number of nitrogens with one attached hydrogen (secondary N) is 2. The number of aliphatic imine (C=N–C) groups is 1. The van der Waals surface area contributed by atoms with Crippen molar-refractivity contribution in [3.63, 3.8) is 0 Å². The van der Waals surface area contributed by atoms with Gasteiger partial charge >= 0.3 is 0 Å². The third-order valence-electron chi connectivity index (χ3n) is 4.78. The normalized spacial score (nSPS) is 16.6. The van der Waals surface area contributed by atoms with Gasteiger partial charge in [-0.3, -0.25) is 4.79 Å². The van der Waals surface area contributed by atoms with Crippen LogP contribution in [0.3, 0.4) is 0 Å². The molecule has 2 N–H and O–H groups in total. The molecule has 8 heteroatoms. The highest BCUT2D eigenvalue weighted by molar-refractivity contribution is 14.0. The fourth-order valence-electron chi connectivity index (χ4n) is 3.35. The molecule has 0 saturated carbocycles. The number of rotatable bonds is 6. The molecule has 1 fully saturated rings. The SMILES string of the molecule is CCNC(=NCc1cccc(-n2cccn2)c1)NC1CCN(C(=O)C(C)C)C1.I. The predicted octanol–water partition coefficient (Wildman–Crippen LogP) is 2.80. The quantitative estimate of drug-likeness (QED) is 0.356. The fourth-order valence-corrected chi connectivity index (χ4v) is 3.35. The molecule has 1 unspecified atom stereocenters. The Hall–Kier alpha value is -2.10. The van der Waals surface area contributed by atoms with Gasteiger partial charge in [-0.25, -0.2) is 9.67 Å². The van der Waals surface area contributed by atoms with E-state index in [1.165, 1.54) is 0 Å². The standard InChI is InChI=1S/C21H30N6O.HI/c1-4-22-21(25-18-9-12-26(15-18)20(28)16(2)3)23-14-17-7-5-8-19(13-17)27-11-6-10-24-27;/h5-8,10-11,13,16,18H,4,9,12,14-15H2,1-3H3,(H2,22,23,25);1H. The molecular weight excluding hydrogens is 479 g/mol. The number of guanidine groups is 1. The van der Waals surface area contributed by atoms with Gasteiger partial charge in [0, 0.05) is 44.0 Å². The molecule has 1 aromatic carbocycles. The average molecular weight is 510 g/mol. The van der Waals surface area contributed by atoms with E-state index in [4.69, 9.17) is 4.99 Å². The molecule has 0 radical (unpaired) electrons. The van der Waals surface area contributed by atoms with Crippen molar-refractivity contribution in [3.05, 3.63) is 48.3 Å². The number of hydrogen-bond donors (Lipinski definition) is 2. The Labute approximate surface area is 190 Å². The number of carbonyl (C=O) groups excluding carboxylic acids is 1. The number of aromatic nitrogens is 2. The van der Waals surface area contributed by atoms with Crippen LogP contribution in [0, 0.1) is 5.92 Å². The fraction of sp³-hybridized carbons (Fsp3) is 0.476. The van der Waals surface area contributed by atoms with E-state index in [9.17, 15) is 4.79 Å². The number of nitrogens with zero attached hydrogens (tertiary/aromatic N) is 4. The zero-order valence-corrected chi connectivity index (χ0v) is 19.7. The zero-order valence-electron chi connectivity index (χ0n) is 17.3. The molecule has 0 bridgehead atoms. The number of hydrogen-bond acceptors (Lipinski definition) is 3. The Morgan fingerprint density at radius 1 is 1.34 bits per heavy atom.